The molecule has 1 aromatic rings. The van der Waals surface area contributed by atoms with Gasteiger partial charge in [-0.3, -0.25) is 4.68 Å². The Bertz CT molecular complexity index is 588. The molecule has 1 saturated heterocycles. The number of aromatic nitrogens is 3. The lowest BCUT2D eigenvalue weighted by molar-refractivity contribution is -0.0907. The average molecular weight is 380 g/mol. The van der Waals surface area contributed by atoms with E-state index in [1.165, 1.54) is 25.7 Å². The second-order valence-electron chi connectivity index (χ2n) is 7.74. The van der Waals surface area contributed by atoms with Gasteiger partial charge in [-0.2, -0.15) is 0 Å². The summed E-state index contributed by atoms with van der Waals surface area (Å²) in [4.78, 5) is 11.9. The number of aliphatic hydroxyl groups is 1. The van der Waals surface area contributed by atoms with Gasteiger partial charge in [0.15, 0.2) is 0 Å². The van der Waals surface area contributed by atoms with Crippen LogP contribution in [0.4, 0.5) is 4.79 Å². The second-order valence-corrected chi connectivity index (χ2v) is 7.74. The largest absolute Gasteiger partial charge is 0.394 e. The molecule has 0 spiro atoms. The molecule has 8 nitrogen and oxygen atoms in total. The Morgan fingerprint density at radius 2 is 2.15 bits per heavy atom. The first kappa shape index (κ1) is 20.1. The summed E-state index contributed by atoms with van der Waals surface area (Å²) in [5.41, 5.74) is 1.12. The fourth-order valence-corrected chi connectivity index (χ4v) is 4.07. The van der Waals surface area contributed by atoms with Gasteiger partial charge >= 0.3 is 6.03 Å². The van der Waals surface area contributed by atoms with Crippen molar-refractivity contribution < 1.29 is 14.6 Å². The van der Waals surface area contributed by atoms with Crippen LogP contribution in [-0.4, -0.2) is 57.5 Å². The normalized spacial score (nSPS) is 26.2. The van der Waals surface area contributed by atoms with Crippen molar-refractivity contribution in [3.05, 3.63) is 11.9 Å². The molecule has 2 aliphatic rings. The van der Waals surface area contributed by atoms with Gasteiger partial charge in [0.1, 0.15) is 6.10 Å². The number of nitrogens with one attached hydrogen (secondary N) is 2. The van der Waals surface area contributed by atoms with E-state index in [9.17, 15) is 9.90 Å². The van der Waals surface area contributed by atoms with Crippen LogP contribution < -0.4 is 10.6 Å². The number of carbonyl (C=O) groups is 1. The Kier molecular flexibility index (Phi) is 7.46. The minimum Gasteiger partial charge on any atom is -0.394 e. The van der Waals surface area contributed by atoms with Crippen LogP contribution in [0.15, 0.2) is 6.20 Å². The van der Waals surface area contributed by atoms with Gasteiger partial charge in [0, 0.05) is 25.2 Å². The number of rotatable bonds is 8. The number of nitrogens with zero attached hydrogens (tertiary/aromatic N) is 3. The van der Waals surface area contributed by atoms with Gasteiger partial charge in [0.05, 0.1) is 24.4 Å². The van der Waals surface area contributed by atoms with Gasteiger partial charge in [-0.25, -0.2) is 4.79 Å². The first-order valence-corrected chi connectivity index (χ1v) is 10.4. The maximum atomic E-state index is 11.9. The molecule has 1 aliphatic heterocycles. The van der Waals surface area contributed by atoms with Gasteiger partial charge < -0.3 is 20.5 Å². The van der Waals surface area contributed by atoms with Crippen LogP contribution in [0.1, 0.15) is 69.9 Å². The van der Waals surface area contributed by atoms with E-state index in [2.05, 4.69) is 27.1 Å². The highest BCUT2D eigenvalue weighted by Gasteiger charge is 2.31. The highest BCUT2D eigenvalue weighted by atomic mass is 16.5. The first-order chi connectivity index (χ1) is 13.2. The molecule has 8 heteroatoms. The Hall–Kier alpha value is -1.67. The maximum absolute atomic E-state index is 11.9. The number of ether oxygens (including phenoxy) is 1. The topological polar surface area (TPSA) is 101 Å². The number of hydrogen-bond donors (Lipinski definition) is 3. The number of carbonyl (C=O) groups excluding carboxylic acids is 1. The smallest absolute Gasteiger partial charge is 0.315 e. The number of aliphatic hydroxyl groups excluding tert-OH is 1. The average Bonchev–Trinajstić information content (AvgIpc) is 3.37. The summed E-state index contributed by atoms with van der Waals surface area (Å²) >= 11 is 0. The number of urea groups is 1. The zero-order valence-corrected chi connectivity index (χ0v) is 16.3. The molecule has 0 aromatic carbocycles. The predicted molar refractivity (Wildman–Crippen MR) is 101 cm³/mol. The van der Waals surface area contributed by atoms with E-state index in [0.29, 0.717) is 12.5 Å². The third-order valence-electron chi connectivity index (χ3n) is 5.66. The lowest BCUT2D eigenvalue weighted by atomic mass is 9.97. The maximum Gasteiger partial charge on any atom is 0.315 e. The zero-order valence-electron chi connectivity index (χ0n) is 16.3. The molecule has 3 rings (SSSR count). The van der Waals surface area contributed by atoms with Gasteiger partial charge in [0.25, 0.3) is 0 Å². The van der Waals surface area contributed by atoms with Crippen molar-refractivity contribution in [1.29, 1.82) is 0 Å². The number of amides is 2. The molecule has 0 bridgehead atoms. The van der Waals surface area contributed by atoms with E-state index in [4.69, 9.17) is 4.74 Å². The lowest BCUT2D eigenvalue weighted by Crippen LogP contribution is -2.53. The minimum absolute atomic E-state index is 0.0676. The van der Waals surface area contributed by atoms with E-state index in [0.717, 1.165) is 37.9 Å². The molecule has 1 aromatic heterocycles. The zero-order chi connectivity index (χ0) is 19.1. The molecular weight excluding hydrogens is 346 g/mol. The molecule has 3 N–H and O–H groups in total. The van der Waals surface area contributed by atoms with Crippen molar-refractivity contribution in [3.63, 3.8) is 0 Å². The first-order valence-electron chi connectivity index (χ1n) is 10.4. The van der Waals surface area contributed by atoms with Gasteiger partial charge in [0.2, 0.25) is 0 Å². The van der Waals surface area contributed by atoms with E-state index in [-0.39, 0.29) is 30.9 Å². The number of hydrogen-bond acceptors (Lipinski definition) is 5. The molecule has 2 fully saturated rings. The van der Waals surface area contributed by atoms with Crippen molar-refractivity contribution in [1.82, 2.24) is 25.6 Å². The van der Waals surface area contributed by atoms with Crippen molar-refractivity contribution in [3.8, 4) is 0 Å². The van der Waals surface area contributed by atoms with Crippen molar-refractivity contribution in [2.45, 2.75) is 89.0 Å². The third-order valence-corrected chi connectivity index (χ3v) is 5.66. The summed E-state index contributed by atoms with van der Waals surface area (Å²) in [5.74, 6) is 0.578. The van der Waals surface area contributed by atoms with Gasteiger partial charge in [-0.15, -0.1) is 5.10 Å². The van der Waals surface area contributed by atoms with E-state index in [1.54, 1.807) is 0 Å². The summed E-state index contributed by atoms with van der Waals surface area (Å²) in [6.07, 6.45) is 10.2. The van der Waals surface area contributed by atoms with Gasteiger partial charge in [-0.1, -0.05) is 25.0 Å². The Balaban J connectivity index is 1.43. The molecule has 2 amide bonds. The second kappa shape index (κ2) is 10.0. The van der Waals surface area contributed by atoms with Crippen LogP contribution in [-0.2, 0) is 11.3 Å². The fraction of sp³-hybridized carbons (Fsp3) is 0.842. The Morgan fingerprint density at radius 3 is 2.89 bits per heavy atom. The molecule has 0 unspecified atom stereocenters. The van der Waals surface area contributed by atoms with Crippen molar-refractivity contribution >= 4 is 6.03 Å². The molecule has 3 atom stereocenters. The molecule has 2 heterocycles. The quantitative estimate of drug-likeness (QED) is 0.641. The monoisotopic (exact) mass is 379 g/mol. The summed E-state index contributed by atoms with van der Waals surface area (Å²) < 4.78 is 7.94. The summed E-state index contributed by atoms with van der Waals surface area (Å²) in [6.45, 7) is 3.32. The highest BCUT2D eigenvalue weighted by molar-refractivity contribution is 5.74. The predicted octanol–water partition coefficient (Wildman–Crippen LogP) is 1.94. The van der Waals surface area contributed by atoms with E-state index in [1.807, 2.05) is 11.6 Å². The van der Waals surface area contributed by atoms with E-state index >= 15 is 0 Å². The molecule has 0 radical (unpaired) electrons. The number of aryl methyl sites for hydroxylation is 1. The molecule has 27 heavy (non-hydrogen) atoms. The van der Waals surface area contributed by atoms with Crippen LogP contribution in [0.5, 0.6) is 0 Å². The van der Waals surface area contributed by atoms with Gasteiger partial charge in [-0.05, 0) is 38.5 Å². The Labute approximate surface area is 161 Å². The summed E-state index contributed by atoms with van der Waals surface area (Å²) in [6, 6.07) is -0.340. The van der Waals surface area contributed by atoms with Crippen LogP contribution in [0.2, 0.25) is 0 Å². The highest BCUT2D eigenvalue weighted by Crippen LogP contribution is 2.32. The molecule has 1 saturated carbocycles. The Morgan fingerprint density at radius 1 is 1.33 bits per heavy atom. The van der Waals surface area contributed by atoms with Crippen LogP contribution >= 0.6 is 0 Å². The third kappa shape index (κ3) is 5.65. The summed E-state index contributed by atoms with van der Waals surface area (Å²) in [7, 11) is 0. The lowest BCUT2D eigenvalue weighted by Gasteiger charge is -2.36. The molecular formula is C19H33N5O3. The van der Waals surface area contributed by atoms with Crippen LogP contribution in [0.3, 0.4) is 0 Å². The summed E-state index contributed by atoms with van der Waals surface area (Å²) in [5, 5.41) is 24.0. The molecule has 152 valence electrons. The van der Waals surface area contributed by atoms with Crippen molar-refractivity contribution in [2.24, 2.45) is 0 Å². The van der Waals surface area contributed by atoms with Crippen LogP contribution in [0.25, 0.3) is 0 Å². The fourth-order valence-electron chi connectivity index (χ4n) is 4.07. The standard InChI is InChI=1S/C19H33N5O3/c1-2-10-20-19(26)21-16-8-7-15(27-18(16)13-25)9-11-24-12-17(22-23-24)14-5-3-4-6-14/h12,14-16,18,25H,2-11,13H2,1H3,(H2,20,21,26)/t15-,16+,18-/m1/s1. The van der Waals surface area contributed by atoms with E-state index < -0.39 is 0 Å². The minimum atomic E-state index is -0.360. The van der Waals surface area contributed by atoms with Crippen molar-refractivity contribution in [2.75, 3.05) is 13.2 Å². The molecule has 1 aliphatic carbocycles. The SMILES string of the molecule is CCCNC(=O)N[C@H]1CC[C@H](CCn2cc(C3CCCC3)nn2)O[C@@H]1CO. The van der Waals surface area contributed by atoms with Crippen LogP contribution in [0, 0.1) is 0 Å².